The van der Waals surface area contributed by atoms with Gasteiger partial charge in [-0.2, -0.15) is 0 Å². The van der Waals surface area contributed by atoms with E-state index in [2.05, 4.69) is 15.9 Å². The molecular formula is C10H8BrClO. The number of rotatable bonds is 0. The van der Waals surface area contributed by atoms with Gasteiger partial charge in [-0.1, -0.05) is 11.6 Å². The molecular weight excluding hydrogens is 251 g/mol. The molecule has 2 aromatic rings. The van der Waals surface area contributed by atoms with Crippen molar-refractivity contribution < 1.29 is 4.42 Å². The monoisotopic (exact) mass is 258 g/mol. The van der Waals surface area contributed by atoms with E-state index in [1.54, 1.807) is 0 Å². The quantitative estimate of drug-likeness (QED) is 0.680. The van der Waals surface area contributed by atoms with E-state index < -0.39 is 0 Å². The molecule has 0 bridgehead atoms. The molecule has 1 aromatic heterocycles. The zero-order valence-corrected chi connectivity index (χ0v) is 9.66. The topological polar surface area (TPSA) is 13.1 Å². The first-order valence-corrected chi connectivity index (χ1v) is 5.11. The van der Waals surface area contributed by atoms with Crippen molar-refractivity contribution in [1.29, 1.82) is 0 Å². The zero-order valence-electron chi connectivity index (χ0n) is 7.32. The molecule has 3 heteroatoms. The maximum atomic E-state index is 5.93. The first-order chi connectivity index (χ1) is 6.09. The van der Waals surface area contributed by atoms with Crippen LogP contribution in [0, 0.1) is 13.8 Å². The molecule has 1 heterocycles. The van der Waals surface area contributed by atoms with Gasteiger partial charge < -0.3 is 4.42 Å². The Morgan fingerprint density at radius 1 is 1.31 bits per heavy atom. The zero-order chi connectivity index (χ0) is 9.59. The van der Waals surface area contributed by atoms with Crippen LogP contribution in [0.3, 0.4) is 0 Å². The van der Waals surface area contributed by atoms with Gasteiger partial charge in [0.15, 0.2) is 0 Å². The van der Waals surface area contributed by atoms with Crippen LogP contribution >= 0.6 is 27.5 Å². The van der Waals surface area contributed by atoms with Crippen molar-refractivity contribution in [2.45, 2.75) is 13.8 Å². The normalized spacial score (nSPS) is 11.1. The van der Waals surface area contributed by atoms with Crippen LogP contribution in [0.15, 0.2) is 21.0 Å². The summed E-state index contributed by atoms with van der Waals surface area (Å²) in [7, 11) is 0. The van der Waals surface area contributed by atoms with Crippen LogP contribution in [0.1, 0.15) is 11.3 Å². The van der Waals surface area contributed by atoms with Gasteiger partial charge in [0.2, 0.25) is 0 Å². The van der Waals surface area contributed by atoms with E-state index in [0.29, 0.717) is 0 Å². The predicted molar refractivity (Wildman–Crippen MR) is 58.4 cm³/mol. The maximum absolute atomic E-state index is 5.93. The van der Waals surface area contributed by atoms with E-state index in [1.807, 2.05) is 26.0 Å². The third-order valence-electron chi connectivity index (χ3n) is 2.20. The molecule has 0 amide bonds. The smallest absolute Gasteiger partial charge is 0.148 e. The highest BCUT2D eigenvalue weighted by Crippen LogP contribution is 2.33. The van der Waals surface area contributed by atoms with Crippen molar-refractivity contribution >= 4 is 38.5 Å². The number of hydrogen-bond acceptors (Lipinski definition) is 1. The van der Waals surface area contributed by atoms with Crippen LogP contribution in [0.4, 0.5) is 0 Å². The van der Waals surface area contributed by atoms with Crippen LogP contribution in [-0.2, 0) is 0 Å². The van der Waals surface area contributed by atoms with E-state index in [9.17, 15) is 0 Å². The van der Waals surface area contributed by atoms with Crippen LogP contribution in [0.2, 0.25) is 5.02 Å². The number of fused-ring (bicyclic) bond motifs is 1. The number of aryl methyl sites for hydroxylation is 2. The van der Waals surface area contributed by atoms with Crippen molar-refractivity contribution in [3.8, 4) is 0 Å². The van der Waals surface area contributed by atoms with Crippen LogP contribution < -0.4 is 0 Å². The molecule has 0 aliphatic heterocycles. The second-order valence-electron chi connectivity index (χ2n) is 3.05. The van der Waals surface area contributed by atoms with E-state index >= 15 is 0 Å². The Morgan fingerprint density at radius 2 is 2.00 bits per heavy atom. The van der Waals surface area contributed by atoms with Crippen molar-refractivity contribution in [1.82, 2.24) is 0 Å². The van der Waals surface area contributed by atoms with Gasteiger partial charge in [0.1, 0.15) is 11.3 Å². The predicted octanol–water partition coefficient (Wildman–Crippen LogP) is 4.47. The number of benzene rings is 1. The summed E-state index contributed by atoms with van der Waals surface area (Å²) in [5, 5.41) is 1.81. The fourth-order valence-electron chi connectivity index (χ4n) is 1.36. The van der Waals surface area contributed by atoms with Gasteiger partial charge in [0.25, 0.3) is 0 Å². The second-order valence-corrected chi connectivity index (χ2v) is 4.34. The van der Waals surface area contributed by atoms with Gasteiger partial charge in [-0.05, 0) is 47.5 Å². The van der Waals surface area contributed by atoms with Crippen molar-refractivity contribution in [3.05, 3.63) is 33.0 Å². The molecule has 0 N–H and O–H groups in total. The minimum absolute atomic E-state index is 0.725. The van der Waals surface area contributed by atoms with Crippen LogP contribution in [0.5, 0.6) is 0 Å². The van der Waals surface area contributed by atoms with Gasteiger partial charge >= 0.3 is 0 Å². The standard InChI is InChI=1S/C10H8BrClO/c1-5-6(2)13-10-8(5)3-7(12)4-9(10)11/h3-4H,1-2H3. The summed E-state index contributed by atoms with van der Waals surface area (Å²) in [6, 6.07) is 3.76. The molecule has 0 atom stereocenters. The fourth-order valence-corrected chi connectivity index (χ4v) is 2.25. The molecule has 0 aliphatic carbocycles. The first kappa shape index (κ1) is 9.10. The Balaban J connectivity index is 2.94. The Labute approximate surface area is 89.8 Å². The van der Waals surface area contributed by atoms with E-state index in [0.717, 1.165) is 31.8 Å². The summed E-state index contributed by atoms with van der Waals surface area (Å²) in [4.78, 5) is 0. The van der Waals surface area contributed by atoms with Crippen molar-refractivity contribution in [2.75, 3.05) is 0 Å². The molecule has 13 heavy (non-hydrogen) atoms. The summed E-state index contributed by atoms with van der Waals surface area (Å²) in [5.74, 6) is 0.943. The molecule has 2 rings (SSSR count). The lowest BCUT2D eigenvalue weighted by Gasteiger charge is -1.94. The van der Waals surface area contributed by atoms with Gasteiger partial charge in [-0.15, -0.1) is 0 Å². The van der Waals surface area contributed by atoms with E-state index in [4.69, 9.17) is 16.0 Å². The highest BCUT2D eigenvalue weighted by Gasteiger charge is 2.10. The van der Waals surface area contributed by atoms with Crippen molar-refractivity contribution in [2.24, 2.45) is 0 Å². The number of furan rings is 1. The highest BCUT2D eigenvalue weighted by molar-refractivity contribution is 9.10. The lowest BCUT2D eigenvalue weighted by molar-refractivity contribution is 0.573. The molecule has 1 aromatic carbocycles. The lowest BCUT2D eigenvalue weighted by atomic mass is 10.1. The number of halogens is 2. The molecule has 0 radical (unpaired) electrons. The van der Waals surface area contributed by atoms with Gasteiger partial charge in [0.05, 0.1) is 4.47 Å². The van der Waals surface area contributed by atoms with E-state index in [1.165, 1.54) is 0 Å². The summed E-state index contributed by atoms with van der Waals surface area (Å²) in [5.41, 5.74) is 2.03. The van der Waals surface area contributed by atoms with Crippen molar-refractivity contribution in [3.63, 3.8) is 0 Å². The first-order valence-electron chi connectivity index (χ1n) is 3.94. The lowest BCUT2D eigenvalue weighted by Crippen LogP contribution is -1.72. The third kappa shape index (κ3) is 1.38. The highest BCUT2D eigenvalue weighted by atomic mass is 79.9. The average Bonchev–Trinajstić information content (AvgIpc) is 2.32. The Bertz CT molecular complexity index is 473. The molecule has 0 unspecified atom stereocenters. The van der Waals surface area contributed by atoms with Gasteiger partial charge in [-0.3, -0.25) is 0 Å². The molecule has 0 spiro atoms. The van der Waals surface area contributed by atoms with E-state index in [-0.39, 0.29) is 0 Å². The minimum Gasteiger partial charge on any atom is -0.460 e. The third-order valence-corrected chi connectivity index (χ3v) is 3.00. The largest absolute Gasteiger partial charge is 0.460 e. The summed E-state index contributed by atoms with van der Waals surface area (Å²) < 4.78 is 6.49. The van der Waals surface area contributed by atoms with Gasteiger partial charge in [0, 0.05) is 10.4 Å². The molecule has 0 saturated carbocycles. The SMILES string of the molecule is Cc1oc2c(Br)cc(Cl)cc2c1C. The van der Waals surface area contributed by atoms with Gasteiger partial charge in [-0.25, -0.2) is 0 Å². The summed E-state index contributed by atoms with van der Waals surface area (Å²) in [6.45, 7) is 3.99. The maximum Gasteiger partial charge on any atom is 0.148 e. The molecule has 0 aliphatic rings. The minimum atomic E-state index is 0.725. The Hall–Kier alpha value is -0.470. The Morgan fingerprint density at radius 3 is 2.69 bits per heavy atom. The second kappa shape index (κ2) is 3.03. The molecule has 0 saturated heterocycles. The van der Waals surface area contributed by atoms with Crippen LogP contribution in [0.25, 0.3) is 11.0 Å². The van der Waals surface area contributed by atoms with Crippen LogP contribution in [-0.4, -0.2) is 0 Å². The Kier molecular flexibility index (Phi) is 2.12. The molecule has 68 valence electrons. The fraction of sp³-hybridized carbons (Fsp3) is 0.200. The number of hydrogen-bond donors (Lipinski definition) is 0. The summed E-state index contributed by atoms with van der Waals surface area (Å²) in [6.07, 6.45) is 0. The summed E-state index contributed by atoms with van der Waals surface area (Å²) >= 11 is 9.35. The molecule has 0 fully saturated rings. The molecule has 1 nitrogen and oxygen atoms in total. The average molecular weight is 260 g/mol.